The van der Waals surface area contributed by atoms with Crippen molar-refractivity contribution in [3.8, 4) is 5.75 Å². The summed E-state index contributed by atoms with van der Waals surface area (Å²) in [5, 5.41) is 6.49. The first kappa shape index (κ1) is 20.6. The normalized spacial score (nSPS) is 11.7. The zero-order valence-electron chi connectivity index (χ0n) is 17.2. The molecule has 0 saturated heterocycles. The van der Waals surface area contributed by atoms with Gasteiger partial charge in [0.25, 0.3) is 0 Å². The summed E-state index contributed by atoms with van der Waals surface area (Å²) < 4.78 is 5.21. The minimum absolute atomic E-state index is 0.0593. The van der Waals surface area contributed by atoms with Crippen LogP contribution in [0.1, 0.15) is 28.3 Å². The van der Waals surface area contributed by atoms with Gasteiger partial charge < -0.3 is 15.4 Å². The first-order chi connectivity index (χ1) is 14.0. The van der Waals surface area contributed by atoms with Gasteiger partial charge in [-0.1, -0.05) is 48.5 Å². The molecule has 2 N–H and O–H groups in total. The maximum atomic E-state index is 13.1. The fourth-order valence-corrected chi connectivity index (χ4v) is 3.42. The largest absolute Gasteiger partial charge is 0.497 e. The van der Waals surface area contributed by atoms with Crippen molar-refractivity contribution in [3.05, 3.63) is 95.1 Å². The first-order valence-corrected chi connectivity index (χ1v) is 9.85. The molecule has 0 aliphatic carbocycles. The van der Waals surface area contributed by atoms with Crippen LogP contribution in [0, 0.1) is 13.8 Å². The van der Waals surface area contributed by atoms with E-state index in [4.69, 9.17) is 4.74 Å². The lowest BCUT2D eigenvalue weighted by Crippen LogP contribution is -2.34. The van der Waals surface area contributed by atoms with Crippen LogP contribution in [0.25, 0.3) is 0 Å². The molecular formula is C25H28N2O2. The predicted octanol–water partition coefficient (Wildman–Crippen LogP) is 4.82. The number of carbonyl (C=O) groups is 1. The third kappa shape index (κ3) is 5.93. The van der Waals surface area contributed by atoms with E-state index in [1.165, 1.54) is 5.56 Å². The summed E-state index contributed by atoms with van der Waals surface area (Å²) in [5.41, 5.74) is 5.22. The molecule has 0 bridgehead atoms. The SMILES string of the molecule is COc1ccc(CCN[C@@H](C(=O)Nc2cc(C)cc(C)c2)c2ccccc2)cc1. The van der Waals surface area contributed by atoms with Crippen molar-refractivity contribution >= 4 is 11.6 Å². The number of benzene rings is 3. The van der Waals surface area contributed by atoms with Crippen LogP contribution >= 0.6 is 0 Å². The summed E-state index contributed by atoms with van der Waals surface area (Å²) in [7, 11) is 1.66. The Labute approximate surface area is 172 Å². The van der Waals surface area contributed by atoms with E-state index in [1.54, 1.807) is 7.11 Å². The maximum absolute atomic E-state index is 13.1. The number of amides is 1. The Bertz CT molecular complexity index is 917. The van der Waals surface area contributed by atoms with E-state index < -0.39 is 6.04 Å². The van der Waals surface area contributed by atoms with E-state index >= 15 is 0 Å². The van der Waals surface area contributed by atoms with E-state index in [2.05, 4.69) is 16.7 Å². The lowest BCUT2D eigenvalue weighted by molar-refractivity contribution is -0.118. The number of hydrogen-bond acceptors (Lipinski definition) is 3. The molecular weight excluding hydrogens is 360 g/mol. The lowest BCUT2D eigenvalue weighted by Gasteiger charge is -2.19. The molecule has 0 heterocycles. The number of carbonyl (C=O) groups excluding carboxylic acids is 1. The lowest BCUT2D eigenvalue weighted by atomic mass is 10.0. The van der Waals surface area contributed by atoms with Crippen molar-refractivity contribution in [2.75, 3.05) is 19.0 Å². The molecule has 4 heteroatoms. The molecule has 3 aromatic carbocycles. The molecule has 3 rings (SSSR count). The smallest absolute Gasteiger partial charge is 0.246 e. The van der Waals surface area contributed by atoms with Crippen LogP contribution in [0.2, 0.25) is 0 Å². The highest BCUT2D eigenvalue weighted by atomic mass is 16.5. The highest BCUT2D eigenvalue weighted by Crippen LogP contribution is 2.19. The second kappa shape index (κ2) is 9.89. The molecule has 150 valence electrons. The average molecular weight is 389 g/mol. The molecule has 1 atom stereocenters. The molecule has 4 nitrogen and oxygen atoms in total. The van der Waals surface area contributed by atoms with Gasteiger partial charge in [0.05, 0.1) is 7.11 Å². The summed E-state index contributed by atoms with van der Waals surface area (Å²) in [6.45, 7) is 4.75. The maximum Gasteiger partial charge on any atom is 0.246 e. The third-order valence-corrected chi connectivity index (χ3v) is 4.81. The van der Waals surface area contributed by atoms with Gasteiger partial charge in [0.15, 0.2) is 0 Å². The topological polar surface area (TPSA) is 50.4 Å². The summed E-state index contributed by atoms with van der Waals surface area (Å²) in [6.07, 6.45) is 0.824. The van der Waals surface area contributed by atoms with Crippen LogP contribution in [-0.4, -0.2) is 19.6 Å². The van der Waals surface area contributed by atoms with Crippen LogP contribution < -0.4 is 15.4 Å². The number of methoxy groups -OCH3 is 1. The monoisotopic (exact) mass is 388 g/mol. The summed E-state index contributed by atoms with van der Waals surface area (Å²) >= 11 is 0. The predicted molar refractivity (Wildman–Crippen MR) is 118 cm³/mol. The summed E-state index contributed by atoms with van der Waals surface area (Å²) in [4.78, 5) is 13.1. The van der Waals surface area contributed by atoms with Gasteiger partial charge in [-0.15, -0.1) is 0 Å². The Morgan fingerprint density at radius 3 is 2.21 bits per heavy atom. The number of rotatable bonds is 8. The molecule has 0 aromatic heterocycles. The number of aryl methyl sites for hydroxylation is 2. The molecule has 0 aliphatic rings. The average Bonchev–Trinajstić information content (AvgIpc) is 2.71. The molecule has 0 radical (unpaired) electrons. The molecule has 0 saturated carbocycles. The van der Waals surface area contributed by atoms with Gasteiger partial charge in [-0.3, -0.25) is 4.79 Å². The van der Waals surface area contributed by atoms with Crippen LogP contribution in [0.5, 0.6) is 5.75 Å². The van der Waals surface area contributed by atoms with Crippen molar-refractivity contribution in [1.29, 1.82) is 0 Å². The minimum atomic E-state index is -0.421. The van der Waals surface area contributed by atoms with Crippen molar-refractivity contribution in [2.24, 2.45) is 0 Å². The van der Waals surface area contributed by atoms with Gasteiger partial charge in [-0.2, -0.15) is 0 Å². The molecule has 0 unspecified atom stereocenters. The molecule has 1 amide bonds. The van der Waals surface area contributed by atoms with Crippen molar-refractivity contribution in [1.82, 2.24) is 5.32 Å². The van der Waals surface area contributed by atoms with Gasteiger partial charge in [0.1, 0.15) is 11.8 Å². The van der Waals surface area contributed by atoms with E-state index in [1.807, 2.05) is 80.6 Å². The van der Waals surface area contributed by atoms with Gasteiger partial charge in [-0.05, 0) is 66.8 Å². The Morgan fingerprint density at radius 2 is 1.59 bits per heavy atom. The molecule has 0 aliphatic heterocycles. The molecule has 0 spiro atoms. The van der Waals surface area contributed by atoms with Crippen molar-refractivity contribution < 1.29 is 9.53 Å². The molecule has 29 heavy (non-hydrogen) atoms. The standard InChI is InChI=1S/C25H28N2O2/c1-18-15-19(2)17-22(16-18)27-25(28)24(21-7-5-4-6-8-21)26-14-13-20-9-11-23(29-3)12-10-20/h4-12,15-17,24,26H,13-14H2,1-3H3,(H,27,28)/t24-/m1/s1. The number of nitrogens with one attached hydrogen (secondary N) is 2. The van der Waals surface area contributed by atoms with Crippen molar-refractivity contribution in [2.45, 2.75) is 26.3 Å². The first-order valence-electron chi connectivity index (χ1n) is 9.85. The van der Waals surface area contributed by atoms with E-state index in [9.17, 15) is 4.79 Å². The summed E-state index contributed by atoms with van der Waals surface area (Å²) in [6, 6.07) is 23.5. The van der Waals surface area contributed by atoms with Crippen LogP contribution in [-0.2, 0) is 11.2 Å². The van der Waals surface area contributed by atoms with Gasteiger partial charge in [0, 0.05) is 12.2 Å². The van der Waals surface area contributed by atoms with Crippen LogP contribution in [0.4, 0.5) is 5.69 Å². The Kier molecular flexibility index (Phi) is 7.04. The van der Waals surface area contributed by atoms with Gasteiger partial charge >= 0.3 is 0 Å². The van der Waals surface area contributed by atoms with E-state index in [0.717, 1.165) is 34.5 Å². The van der Waals surface area contributed by atoms with E-state index in [0.29, 0.717) is 6.54 Å². The third-order valence-electron chi connectivity index (χ3n) is 4.81. The highest BCUT2D eigenvalue weighted by Gasteiger charge is 2.20. The van der Waals surface area contributed by atoms with Gasteiger partial charge in [-0.25, -0.2) is 0 Å². The Morgan fingerprint density at radius 1 is 0.931 bits per heavy atom. The Hall–Kier alpha value is -3.11. The van der Waals surface area contributed by atoms with E-state index in [-0.39, 0.29) is 5.91 Å². The zero-order chi connectivity index (χ0) is 20.6. The molecule has 3 aromatic rings. The van der Waals surface area contributed by atoms with Crippen LogP contribution in [0.3, 0.4) is 0 Å². The number of ether oxygens (including phenoxy) is 1. The fourth-order valence-electron chi connectivity index (χ4n) is 3.42. The highest BCUT2D eigenvalue weighted by molar-refractivity contribution is 5.95. The second-order valence-corrected chi connectivity index (χ2v) is 7.26. The number of anilines is 1. The van der Waals surface area contributed by atoms with Crippen molar-refractivity contribution in [3.63, 3.8) is 0 Å². The number of hydrogen-bond donors (Lipinski definition) is 2. The zero-order valence-corrected chi connectivity index (χ0v) is 17.2. The summed E-state index contributed by atoms with van der Waals surface area (Å²) in [5.74, 6) is 0.785. The quantitative estimate of drug-likeness (QED) is 0.581. The Balaban J connectivity index is 1.69. The second-order valence-electron chi connectivity index (χ2n) is 7.26. The minimum Gasteiger partial charge on any atom is -0.497 e. The van der Waals surface area contributed by atoms with Crippen LogP contribution in [0.15, 0.2) is 72.8 Å². The van der Waals surface area contributed by atoms with Gasteiger partial charge in [0.2, 0.25) is 5.91 Å². The fraction of sp³-hybridized carbons (Fsp3) is 0.240. The molecule has 0 fully saturated rings.